The van der Waals surface area contributed by atoms with Gasteiger partial charge in [0, 0.05) is 19.4 Å². The molecule has 23 heavy (non-hydrogen) atoms. The van der Waals surface area contributed by atoms with Crippen molar-refractivity contribution in [1.82, 2.24) is 10.1 Å². The van der Waals surface area contributed by atoms with Crippen LogP contribution in [0.15, 0.2) is 45.6 Å². The molecule has 2 aromatic heterocycles. The van der Waals surface area contributed by atoms with Gasteiger partial charge in [-0.25, -0.2) is 0 Å². The maximum Gasteiger partial charge on any atom is 0.258 e. The van der Waals surface area contributed by atoms with Crippen LogP contribution in [0.2, 0.25) is 0 Å². The van der Waals surface area contributed by atoms with Crippen LogP contribution in [0.5, 0.6) is 0 Å². The highest BCUT2D eigenvalue weighted by atomic mass is 32.1. The van der Waals surface area contributed by atoms with E-state index in [0.717, 1.165) is 16.9 Å². The number of carbonyl (C=O) groups is 1. The predicted molar refractivity (Wildman–Crippen MR) is 90.5 cm³/mol. The van der Waals surface area contributed by atoms with Gasteiger partial charge in [-0.3, -0.25) is 4.79 Å². The van der Waals surface area contributed by atoms with Gasteiger partial charge in [-0.1, -0.05) is 17.3 Å². The summed E-state index contributed by atoms with van der Waals surface area (Å²) in [5.74, 6) is 1.04. The van der Waals surface area contributed by atoms with Gasteiger partial charge in [0.1, 0.15) is 0 Å². The lowest BCUT2D eigenvalue weighted by Crippen LogP contribution is -2.23. The van der Waals surface area contributed by atoms with Crippen molar-refractivity contribution in [1.29, 1.82) is 0 Å². The molecule has 7 heteroatoms. The van der Waals surface area contributed by atoms with Crippen molar-refractivity contribution in [3.05, 3.63) is 46.9 Å². The van der Waals surface area contributed by atoms with E-state index in [9.17, 15) is 4.79 Å². The molecular weight excluding hydrogens is 312 g/mol. The fourth-order valence-corrected chi connectivity index (χ4v) is 2.72. The minimum absolute atomic E-state index is 0.0291. The summed E-state index contributed by atoms with van der Waals surface area (Å²) in [4.78, 5) is 17.5. The smallest absolute Gasteiger partial charge is 0.258 e. The van der Waals surface area contributed by atoms with E-state index < -0.39 is 0 Å². The van der Waals surface area contributed by atoms with E-state index >= 15 is 0 Å². The topological polar surface area (TPSA) is 71.3 Å². The second-order valence-electron chi connectivity index (χ2n) is 4.98. The van der Waals surface area contributed by atoms with Crippen molar-refractivity contribution in [3.8, 4) is 11.5 Å². The molecule has 1 aromatic carbocycles. The van der Waals surface area contributed by atoms with Gasteiger partial charge in [0.15, 0.2) is 5.82 Å². The van der Waals surface area contributed by atoms with Gasteiger partial charge in [0.2, 0.25) is 5.91 Å². The Bertz CT molecular complexity index is 798. The second kappa shape index (κ2) is 6.62. The number of hydrogen-bond donors (Lipinski definition) is 1. The molecule has 0 bridgehead atoms. The third-order valence-electron chi connectivity index (χ3n) is 3.41. The van der Waals surface area contributed by atoms with E-state index in [1.165, 1.54) is 6.92 Å². The first kappa shape index (κ1) is 15.2. The minimum atomic E-state index is -0.0291. The molecule has 3 rings (SSSR count). The van der Waals surface area contributed by atoms with Crippen molar-refractivity contribution in [2.24, 2.45) is 0 Å². The van der Waals surface area contributed by atoms with Crippen molar-refractivity contribution < 1.29 is 9.32 Å². The summed E-state index contributed by atoms with van der Waals surface area (Å²) in [6.45, 7) is 1.94. The summed E-state index contributed by atoms with van der Waals surface area (Å²) in [6.07, 6.45) is 0. The van der Waals surface area contributed by atoms with Crippen LogP contribution in [0.4, 0.5) is 11.4 Å². The summed E-state index contributed by atoms with van der Waals surface area (Å²) in [5.41, 5.74) is 2.57. The summed E-state index contributed by atoms with van der Waals surface area (Å²) >= 11 is 1.58. The Hall–Kier alpha value is -2.67. The Morgan fingerprint density at radius 1 is 1.35 bits per heavy atom. The number of aromatic nitrogens is 2. The molecule has 0 saturated carbocycles. The first-order valence-electron chi connectivity index (χ1n) is 7.07. The Morgan fingerprint density at radius 2 is 2.17 bits per heavy atom. The number of nitrogens with one attached hydrogen (secondary N) is 1. The van der Waals surface area contributed by atoms with E-state index in [-0.39, 0.29) is 5.91 Å². The molecule has 0 aliphatic heterocycles. The molecule has 1 amide bonds. The molecule has 1 N–H and O–H groups in total. The number of benzene rings is 1. The Balaban J connectivity index is 1.73. The fraction of sp³-hybridized carbons (Fsp3) is 0.188. The molecule has 0 fully saturated rings. The monoisotopic (exact) mass is 328 g/mol. The van der Waals surface area contributed by atoms with Crippen LogP contribution in [0, 0.1) is 0 Å². The SMILES string of the molecule is CC(=O)N(C)c1ccccc1NCc1noc(-c2ccsc2)n1. The zero-order valence-corrected chi connectivity index (χ0v) is 13.6. The molecule has 0 aliphatic carbocycles. The standard InChI is InChI=1S/C16H16N4O2S/c1-11(21)20(2)14-6-4-3-5-13(14)17-9-15-18-16(22-19-15)12-7-8-23-10-12/h3-8,10,17H,9H2,1-2H3. The number of anilines is 2. The van der Waals surface area contributed by atoms with Crippen molar-refractivity contribution in [3.63, 3.8) is 0 Å². The number of nitrogens with zero attached hydrogens (tertiary/aromatic N) is 3. The normalized spacial score (nSPS) is 10.5. The molecule has 0 radical (unpaired) electrons. The first-order valence-corrected chi connectivity index (χ1v) is 8.02. The lowest BCUT2D eigenvalue weighted by atomic mass is 10.2. The van der Waals surface area contributed by atoms with Crippen LogP contribution in [-0.2, 0) is 11.3 Å². The minimum Gasteiger partial charge on any atom is -0.376 e. The number of thiophene rings is 1. The summed E-state index contributed by atoms with van der Waals surface area (Å²) in [5, 5.41) is 11.1. The maximum absolute atomic E-state index is 11.6. The van der Waals surface area contributed by atoms with Crippen LogP contribution in [0.25, 0.3) is 11.5 Å². The fourth-order valence-electron chi connectivity index (χ4n) is 2.09. The van der Waals surface area contributed by atoms with Gasteiger partial charge in [-0.2, -0.15) is 16.3 Å². The quantitative estimate of drug-likeness (QED) is 0.777. The molecule has 0 atom stereocenters. The van der Waals surface area contributed by atoms with Gasteiger partial charge in [0.05, 0.1) is 23.5 Å². The molecular formula is C16H16N4O2S. The number of amides is 1. The molecule has 0 spiro atoms. The maximum atomic E-state index is 11.6. The van der Waals surface area contributed by atoms with E-state index in [2.05, 4.69) is 15.5 Å². The summed E-state index contributed by atoms with van der Waals surface area (Å²) in [7, 11) is 1.74. The lowest BCUT2D eigenvalue weighted by Gasteiger charge is -2.19. The predicted octanol–water partition coefficient (Wildman–Crippen LogP) is 3.39. The van der Waals surface area contributed by atoms with Crippen LogP contribution in [0.3, 0.4) is 0 Å². The molecule has 0 unspecified atom stereocenters. The van der Waals surface area contributed by atoms with E-state index in [4.69, 9.17) is 4.52 Å². The lowest BCUT2D eigenvalue weighted by molar-refractivity contribution is -0.116. The number of hydrogen-bond acceptors (Lipinski definition) is 6. The zero-order valence-electron chi connectivity index (χ0n) is 12.8. The molecule has 6 nitrogen and oxygen atoms in total. The van der Waals surface area contributed by atoms with E-state index in [1.807, 2.05) is 41.1 Å². The largest absolute Gasteiger partial charge is 0.376 e. The van der Waals surface area contributed by atoms with Crippen molar-refractivity contribution in [2.45, 2.75) is 13.5 Å². The van der Waals surface area contributed by atoms with Crippen molar-refractivity contribution in [2.75, 3.05) is 17.3 Å². The van der Waals surface area contributed by atoms with E-state index in [0.29, 0.717) is 18.3 Å². The van der Waals surface area contributed by atoms with E-state index in [1.54, 1.807) is 23.3 Å². The third kappa shape index (κ3) is 3.40. The molecule has 118 valence electrons. The third-order valence-corrected chi connectivity index (χ3v) is 4.09. The highest BCUT2D eigenvalue weighted by molar-refractivity contribution is 7.08. The summed E-state index contributed by atoms with van der Waals surface area (Å²) in [6, 6.07) is 9.54. The van der Waals surface area contributed by atoms with Crippen LogP contribution in [0.1, 0.15) is 12.7 Å². The summed E-state index contributed by atoms with van der Waals surface area (Å²) < 4.78 is 5.25. The Labute approximate surface area is 137 Å². The van der Waals surface area contributed by atoms with Crippen LogP contribution >= 0.6 is 11.3 Å². The number of rotatable bonds is 5. The molecule has 0 saturated heterocycles. The van der Waals surface area contributed by atoms with Crippen LogP contribution < -0.4 is 10.2 Å². The van der Waals surface area contributed by atoms with Crippen molar-refractivity contribution >= 4 is 28.6 Å². The average Bonchev–Trinajstić information content (AvgIpc) is 3.23. The molecule has 0 aliphatic rings. The highest BCUT2D eigenvalue weighted by Gasteiger charge is 2.12. The second-order valence-corrected chi connectivity index (χ2v) is 5.76. The number of carbonyl (C=O) groups excluding carboxylic acids is 1. The molecule has 3 aromatic rings. The van der Waals surface area contributed by atoms with Gasteiger partial charge in [-0.15, -0.1) is 0 Å². The first-order chi connectivity index (χ1) is 11.1. The number of para-hydroxylation sites is 2. The van der Waals surface area contributed by atoms with Gasteiger partial charge in [-0.05, 0) is 23.6 Å². The average molecular weight is 328 g/mol. The van der Waals surface area contributed by atoms with Gasteiger partial charge in [0.25, 0.3) is 5.89 Å². The zero-order chi connectivity index (χ0) is 16.2. The van der Waals surface area contributed by atoms with Crippen LogP contribution in [-0.4, -0.2) is 23.1 Å². The molecule has 2 heterocycles. The van der Waals surface area contributed by atoms with Gasteiger partial charge >= 0.3 is 0 Å². The highest BCUT2D eigenvalue weighted by Crippen LogP contribution is 2.25. The van der Waals surface area contributed by atoms with Gasteiger partial charge < -0.3 is 14.7 Å². The Morgan fingerprint density at radius 3 is 2.91 bits per heavy atom. The Kier molecular flexibility index (Phi) is 4.38.